The fraction of sp³-hybridized carbons (Fsp3) is 0.400. The summed E-state index contributed by atoms with van der Waals surface area (Å²) in [5.74, 6) is -0.243. The van der Waals surface area contributed by atoms with Crippen LogP contribution in [0.2, 0.25) is 0 Å². The van der Waals surface area contributed by atoms with E-state index in [9.17, 15) is 14.4 Å². The van der Waals surface area contributed by atoms with Gasteiger partial charge in [0.2, 0.25) is 11.8 Å². The minimum atomic E-state index is -1.01. The van der Waals surface area contributed by atoms with E-state index in [1.54, 1.807) is 29.4 Å². The van der Waals surface area contributed by atoms with Crippen LogP contribution in [0.25, 0.3) is 10.8 Å². The third-order valence-corrected chi connectivity index (χ3v) is 8.04. The fourth-order valence-corrected chi connectivity index (χ4v) is 5.64. The number of ether oxygens (including phenoxy) is 3. The molecule has 0 aliphatic heterocycles. The van der Waals surface area contributed by atoms with E-state index in [-0.39, 0.29) is 31.0 Å². The molecule has 2 atom stereocenters. The van der Waals surface area contributed by atoms with Crippen LogP contribution in [0, 0.1) is 0 Å². The Hall–Kier alpha value is -5.04. The Morgan fingerprint density at radius 3 is 2.19 bits per heavy atom. The number of urea groups is 1. The molecule has 0 aliphatic rings. The van der Waals surface area contributed by atoms with Crippen LogP contribution in [0.3, 0.4) is 0 Å². The lowest BCUT2D eigenvalue weighted by Gasteiger charge is -2.37. The minimum Gasteiger partial charge on any atom is -0.488 e. The number of nitrogens with one attached hydrogen (secondary N) is 3. The molecule has 278 valence electrons. The van der Waals surface area contributed by atoms with Gasteiger partial charge < -0.3 is 29.7 Å². The van der Waals surface area contributed by atoms with E-state index in [1.165, 1.54) is 0 Å². The van der Waals surface area contributed by atoms with Gasteiger partial charge in [0.05, 0.1) is 6.04 Å². The van der Waals surface area contributed by atoms with E-state index in [2.05, 4.69) is 21.1 Å². The molecule has 2 unspecified atom stereocenters. The van der Waals surface area contributed by atoms with Crippen LogP contribution in [-0.2, 0) is 43.4 Å². The number of nitrogens with zero attached hydrogens (tertiary/aromatic N) is 2. The Bertz CT molecular complexity index is 1720. The van der Waals surface area contributed by atoms with Crippen molar-refractivity contribution in [1.82, 2.24) is 26.0 Å². The van der Waals surface area contributed by atoms with E-state index in [1.807, 2.05) is 108 Å². The van der Waals surface area contributed by atoms with Gasteiger partial charge in [0.15, 0.2) is 12.9 Å². The molecule has 0 aliphatic carbocycles. The van der Waals surface area contributed by atoms with Gasteiger partial charge in [0.1, 0.15) is 17.4 Å². The number of amides is 4. The van der Waals surface area contributed by atoms with Crippen molar-refractivity contribution >= 4 is 28.6 Å². The highest BCUT2D eigenvalue weighted by Crippen LogP contribution is 2.24. The summed E-state index contributed by atoms with van der Waals surface area (Å²) in [5.41, 5.74) is 4.43. The minimum absolute atomic E-state index is 0.174. The van der Waals surface area contributed by atoms with Crippen LogP contribution in [-0.4, -0.2) is 71.5 Å². The van der Waals surface area contributed by atoms with Crippen molar-refractivity contribution in [2.24, 2.45) is 0 Å². The van der Waals surface area contributed by atoms with Gasteiger partial charge in [-0.3, -0.25) is 19.4 Å². The molecule has 3 N–H and O–H groups in total. The van der Waals surface area contributed by atoms with Crippen molar-refractivity contribution in [3.8, 4) is 5.75 Å². The lowest BCUT2D eigenvalue weighted by Crippen LogP contribution is -2.55. The van der Waals surface area contributed by atoms with Gasteiger partial charge in [-0.1, -0.05) is 54.6 Å². The third kappa shape index (κ3) is 12.3. The Morgan fingerprint density at radius 2 is 1.52 bits per heavy atom. The molecule has 12 nitrogen and oxygen atoms in total. The molecule has 4 rings (SSSR count). The van der Waals surface area contributed by atoms with Crippen LogP contribution in [0.1, 0.15) is 58.2 Å². The molecule has 3 aromatic carbocycles. The van der Waals surface area contributed by atoms with Crippen LogP contribution >= 0.6 is 0 Å². The number of rotatable bonds is 18. The summed E-state index contributed by atoms with van der Waals surface area (Å²) in [6.07, 6.45) is 2.71. The first kappa shape index (κ1) is 39.7. The molecule has 0 spiro atoms. The first-order chi connectivity index (χ1) is 25.0. The van der Waals surface area contributed by atoms with E-state index in [4.69, 9.17) is 19.0 Å². The molecule has 0 saturated heterocycles. The van der Waals surface area contributed by atoms with E-state index in [0.717, 1.165) is 27.5 Å². The lowest BCUT2D eigenvalue weighted by molar-refractivity contribution is -0.179. The van der Waals surface area contributed by atoms with E-state index >= 15 is 0 Å². The number of carbonyl (C=O) groups is 3. The van der Waals surface area contributed by atoms with Gasteiger partial charge in [-0.2, -0.15) is 0 Å². The summed E-state index contributed by atoms with van der Waals surface area (Å²) in [6, 6.07) is 22.8. The summed E-state index contributed by atoms with van der Waals surface area (Å²) >= 11 is 0. The largest absolute Gasteiger partial charge is 0.488 e. The SMILES string of the molecule is CCOC(OCC)C(C)N(Cc1cccc2ccccc12)C(=O)C(Cc1ccc(OC(C)(C)C)cc1)NC(=O)CONC(=O)NCc1ccncc1. The Morgan fingerprint density at radius 1 is 0.846 bits per heavy atom. The van der Waals surface area contributed by atoms with Gasteiger partial charge in [-0.15, -0.1) is 0 Å². The number of pyridine rings is 1. The second kappa shape index (κ2) is 19.5. The zero-order valence-corrected chi connectivity index (χ0v) is 30.9. The van der Waals surface area contributed by atoms with E-state index < -0.39 is 36.9 Å². The lowest BCUT2D eigenvalue weighted by atomic mass is 10.0. The predicted octanol–water partition coefficient (Wildman–Crippen LogP) is 5.69. The van der Waals surface area contributed by atoms with Crippen molar-refractivity contribution < 1.29 is 33.4 Å². The first-order valence-electron chi connectivity index (χ1n) is 17.6. The van der Waals surface area contributed by atoms with Crippen molar-refractivity contribution in [2.45, 2.75) is 85.0 Å². The van der Waals surface area contributed by atoms with Gasteiger partial charge in [0, 0.05) is 45.1 Å². The quantitative estimate of drug-likeness (QED) is 0.0884. The maximum absolute atomic E-state index is 14.8. The molecule has 0 radical (unpaired) electrons. The summed E-state index contributed by atoms with van der Waals surface area (Å²) in [4.78, 5) is 51.3. The highest BCUT2D eigenvalue weighted by molar-refractivity contribution is 5.90. The number of fused-ring (bicyclic) bond motifs is 1. The van der Waals surface area contributed by atoms with Crippen LogP contribution in [0.5, 0.6) is 5.75 Å². The number of aromatic nitrogens is 1. The van der Waals surface area contributed by atoms with Crippen molar-refractivity contribution in [3.05, 3.63) is 108 Å². The standard InChI is InChI=1S/C40H51N5O7/c1-7-49-38(50-8-2)28(3)45(26-32-14-11-13-31-12-9-10-15-34(31)32)37(47)35(24-29-16-18-33(19-17-29)52-40(4,5)6)43-36(46)27-51-44-39(48)42-25-30-20-22-41-23-21-30/h9-23,28,35,38H,7-8,24-27H2,1-6H3,(H,43,46)(H2,42,44,48). The number of benzene rings is 3. The van der Waals surface area contributed by atoms with Gasteiger partial charge in [0.25, 0.3) is 0 Å². The summed E-state index contributed by atoms with van der Waals surface area (Å²) in [5, 5.41) is 7.57. The normalized spacial score (nSPS) is 12.6. The Kier molecular flexibility index (Phi) is 14.9. The van der Waals surface area contributed by atoms with Gasteiger partial charge in [-0.05, 0) is 93.3 Å². The number of hydroxylamine groups is 1. The molecule has 52 heavy (non-hydrogen) atoms. The number of carbonyl (C=O) groups excluding carboxylic acids is 3. The summed E-state index contributed by atoms with van der Waals surface area (Å²) < 4.78 is 17.9. The van der Waals surface area contributed by atoms with Gasteiger partial charge >= 0.3 is 6.03 Å². The number of hydrogen-bond acceptors (Lipinski definition) is 8. The molecule has 0 bridgehead atoms. The monoisotopic (exact) mass is 713 g/mol. The van der Waals surface area contributed by atoms with Crippen LogP contribution in [0.15, 0.2) is 91.3 Å². The second-order valence-electron chi connectivity index (χ2n) is 13.2. The van der Waals surface area contributed by atoms with Crippen LogP contribution in [0.4, 0.5) is 4.79 Å². The molecule has 12 heteroatoms. The topological polar surface area (TPSA) is 140 Å². The van der Waals surface area contributed by atoms with Crippen molar-refractivity contribution in [2.75, 3.05) is 19.8 Å². The van der Waals surface area contributed by atoms with Crippen molar-refractivity contribution in [1.29, 1.82) is 0 Å². The molecule has 1 aromatic heterocycles. The predicted molar refractivity (Wildman–Crippen MR) is 199 cm³/mol. The fourth-order valence-electron chi connectivity index (χ4n) is 5.64. The summed E-state index contributed by atoms with van der Waals surface area (Å²) in [6.45, 7) is 12.3. The third-order valence-electron chi connectivity index (χ3n) is 8.04. The number of hydrogen-bond donors (Lipinski definition) is 3. The first-order valence-corrected chi connectivity index (χ1v) is 17.6. The van der Waals surface area contributed by atoms with Gasteiger partial charge in [-0.25, -0.2) is 10.3 Å². The molecular weight excluding hydrogens is 662 g/mol. The molecular formula is C40H51N5O7. The maximum atomic E-state index is 14.8. The molecule has 4 amide bonds. The average Bonchev–Trinajstić information content (AvgIpc) is 3.12. The smallest absolute Gasteiger partial charge is 0.338 e. The maximum Gasteiger partial charge on any atom is 0.338 e. The van der Waals surface area contributed by atoms with E-state index in [0.29, 0.717) is 19.0 Å². The average molecular weight is 714 g/mol. The highest BCUT2D eigenvalue weighted by Gasteiger charge is 2.34. The molecule has 0 saturated carbocycles. The second-order valence-corrected chi connectivity index (χ2v) is 13.2. The van der Waals surface area contributed by atoms with Crippen molar-refractivity contribution in [3.63, 3.8) is 0 Å². The molecule has 0 fully saturated rings. The Labute approximate surface area is 306 Å². The highest BCUT2D eigenvalue weighted by atomic mass is 16.7. The van der Waals surface area contributed by atoms with Crippen LogP contribution < -0.4 is 20.9 Å². The summed E-state index contributed by atoms with van der Waals surface area (Å²) in [7, 11) is 0. The zero-order chi connectivity index (χ0) is 37.5. The molecule has 4 aromatic rings. The molecule has 1 heterocycles. The zero-order valence-electron chi connectivity index (χ0n) is 30.9. The Balaban J connectivity index is 1.57.